The second-order valence-electron chi connectivity index (χ2n) is 12.6. The van der Waals surface area contributed by atoms with Gasteiger partial charge >= 0.3 is 0 Å². The van der Waals surface area contributed by atoms with Gasteiger partial charge in [0.05, 0.1) is 16.1 Å². The van der Waals surface area contributed by atoms with Crippen LogP contribution in [0.5, 0.6) is 0 Å². The highest BCUT2D eigenvalue weighted by molar-refractivity contribution is 7.26. The molecule has 0 N–H and O–H groups in total. The number of nitrogens with zero attached hydrogens (tertiary/aromatic N) is 2. The van der Waals surface area contributed by atoms with E-state index in [0.717, 1.165) is 60.1 Å². The van der Waals surface area contributed by atoms with Gasteiger partial charge in [0.25, 0.3) is 0 Å². The summed E-state index contributed by atoms with van der Waals surface area (Å²) in [4.78, 5) is 10.6. The highest BCUT2D eigenvalue weighted by atomic mass is 32.1. The fourth-order valence-corrected chi connectivity index (χ4v) is 8.23. The lowest BCUT2D eigenvalue weighted by molar-refractivity contribution is 0.673. The van der Waals surface area contributed by atoms with Crippen LogP contribution in [0.15, 0.2) is 174 Å². The van der Waals surface area contributed by atoms with Crippen molar-refractivity contribution >= 4 is 53.4 Å². The lowest BCUT2D eigenvalue weighted by Crippen LogP contribution is -1.96. The summed E-state index contributed by atoms with van der Waals surface area (Å²) in [6, 6.07) is 59.5. The lowest BCUT2D eigenvalue weighted by atomic mass is 10.00. The third-order valence-electron chi connectivity index (χ3n) is 9.53. The number of rotatable bonds is 5. The maximum atomic E-state index is 6.57. The summed E-state index contributed by atoms with van der Waals surface area (Å²) in [6.07, 6.45) is 0. The van der Waals surface area contributed by atoms with Gasteiger partial charge in [-0.25, -0.2) is 9.97 Å². The Morgan fingerprint density at radius 3 is 1.54 bits per heavy atom. The number of aromatic nitrogens is 2. The summed E-state index contributed by atoms with van der Waals surface area (Å²) in [5.41, 5.74) is 11.3. The van der Waals surface area contributed by atoms with E-state index in [1.165, 1.54) is 32.3 Å². The van der Waals surface area contributed by atoms with Gasteiger partial charge in [-0.3, -0.25) is 0 Å². The molecule has 0 saturated carbocycles. The van der Waals surface area contributed by atoms with Crippen molar-refractivity contribution in [2.45, 2.75) is 0 Å². The van der Waals surface area contributed by atoms with Crippen LogP contribution in [0.25, 0.3) is 98.3 Å². The molecule has 3 heterocycles. The Balaban J connectivity index is 1.21. The number of benzene rings is 7. The fraction of sp³-hybridized carbons (Fsp3) is 0. The normalized spacial score (nSPS) is 11.6. The van der Waals surface area contributed by atoms with Crippen molar-refractivity contribution in [3.05, 3.63) is 170 Å². The molecule has 0 saturated heterocycles. The molecule has 0 aliphatic carbocycles. The summed E-state index contributed by atoms with van der Waals surface area (Å²) in [5.74, 6) is 0.695. The third-order valence-corrected chi connectivity index (χ3v) is 10.7. The van der Waals surface area contributed by atoms with Crippen molar-refractivity contribution in [1.29, 1.82) is 0 Å². The molecule has 50 heavy (non-hydrogen) atoms. The van der Waals surface area contributed by atoms with Crippen LogP contribution in [0.4, 0.5) is 0 Å². The predicted molar refractivity (Wildman–Crippen MR) is 209 cm³/mol. The summed E-state index contributed by atoms with van der Waals surface area (Å²) >= 11 is 1.77. The van der Waals surface area contributed by atoms with E-state index in [2.05, 4.69) is 146 Å². The molecule has 0 bridgehead atoms. The van der Waals surface area contributed by atoms with Crippen LogP contribution in [-0.4, -0.2) is 9.97 Å². The van der Waals surface area contributed by atoms with Gasteiger partial charge in [-0.15, -0.1) is 11.3 Å². The number of para-hydroxylation sites is 1. The van der Waals surface area contributed by atoms with E-state index in [9.17, 15) is 0 Å². The van der Waals surface area contributed by atoms with Crippen LogP contribution >= 0.6 is 11.3 Å². The third kappa shape index (κ3) is 4.80. The van der Waals surface area contributed by atoms with Crippen molar-refractivity contribution in [2.24, 2.45) is 0 Å². The molecule has 0 atom stereocenters. The summed E-state index contributed by atoms with van der Waals surface area (Å²) in [7, 11) is 0. The molecular weight excluding hydrogens is 629 g/mol. The Morgan fingerprint density at radius 1 is 0.420 bits per heavy atom. The smallest absolute Gasteiger partial charge is 0.161 e. The average Bonchev–Trinajstić information content (AvgIpc) is 3.77. The Morgan fingerprint density at radius 2 is 0.920 bits per heavy atom. The van der Waals surface area contributed by atoms with Crippen LogP contribution in [0.2, 0.25) is 0 Å². The van der Waals surface area contributed by atoms with Crippen molar-refractivity contribution < 1.29 is 4.42 Å². The predicted octanol–water partition coefficient (Wildman–Crippen LogP) is 13.1. The van der Waals surface area contributed by atoms with Crippen LogP contribution in [0, 0.1) is 0 Å². The maximum absolute atomic E-state index is 6.57. The molecule has 0 aliphatic rings. The molecule has 0 aliphatic heterocycles. The number of thiophene rings is 1. The summed E-state index contributed by atoms with van der Waals surface area (Å²) in [5, 5.41) is 4.46. The van der Waals surface area contributed by atoms with Crippen LogP contribution in [0.1, 0.15) is 0 Å². The summed E-state index contributed by atoms with van der Waals surface area (Å²) in [6.45, 7) is 0. The van der Waals surface area contributed by atoms with E-state index < -0.39 is 0 Å². The highest BCUT2D eigenvalue weighted by Crippen LogP contribution is 2.46. The van der Waals surface area contributed by atoms with Gasteiger partial charge in [0, 0.05) is 42.9 Å². The molecule has 0 radical (unpaired) electrons. The first-order valence-corrected chi connectivity index (χ1v) is 17.6. The van der Waals surface area contributed by atoms with Crippen LogP contribution in [-0.2, 0) is 0 Å². The molecule has 3 nitrogen and oxygen atoms in total. The van der Waals surface area contributed by atoms with Gasteiger partial charge in [-0.1, -0.05) is 146 Å². The zero-order valence-electron chi connectivity index (χ0n) is 26.9. The molecule has 0 amide bonds. The number of hydrogen-bond acceptors (Lipinski definition) is 4. The second-order valence-corrected chi connectivity index (χ2v) is 13.6. The van der Waals surface area contributed by atoms with E-state index >= 15 is 0 Å². The van der Waals surface area contributed by atoms with E-state index in [1.807, 2.05) is 24.3 Å². The van der Waals surface area contributed by atoms with E-state index in [0.29, 0.717) is 5.82 Å². The molecule has 0 spiro atoms. The molecule has 3 aromatic heterocycles. The molecule has 7 aromatic carbocycles. The minimum atomic E-state index is 0.695. The first kappa shape index (κ1) is 28.6. The Kier molecular flexibility index (Phi) is 6.68. The zero-order chi connectivity index (χ0) is 33.0. The molecule has 0 fully saturated rings. The van der Waals surface area contributed by atoms with E-state index in [-0.39, 0.29) is 0 Å². The molecule has 0 unspecified atom stereocenters. The Hall–Kier alpha value is -6.36. The van der Waals surface area contributed by atoms with Crippen LogP contribution in [0.3, 0.4) is 0 Å². The lowest BCUT2D eigenvalue weighted by Gasteiger charge is -2.12. The monoisotopic (exact) mass is 656 g/mol. The van der Waals surface area contributed by atoms with Crippen LogP contribution < -0.4 is 0 Å². The molecule has 10 rings (SSSR count). The number of fused-ring (bicyclic) bond motifs is 7. The van der Waals surface area contributed by atoms with Gasteiger partial charge in [0.1, 0.15) is 11.2 Å². The molecular formula is C46H28N2OS. The minimum absolute atomic E-state index is 0.695. The second kappa shape index (κ2) is 11.7. The molecule has 10 aromatic rings. The minimum Gasteiger partial charge on any atom is -0.455 e. The largest absolute Gasteiger partial charge is 0.455 e. The van der Waals surface area contributed by atoms with Gasteiger partial charge in [-0.05, 0) is 46.5 Å². The number of hydrogen-bond donors (Lipinski definition) is 0. The Bertz CT molecular complexity index is 2730. The summed E-state index contributed by atoms with van der Waals surface area (Å²) < 4.78 is 8.90. The van der Waals surface area contributed by atoms with Crippen molar-refractivity contribution in [3.63, 3.8) is 0 Å². The topological polar surface area (TPSA) is 38.9 Å². The van der Waals surface area contributed by atoms with Gasteiger partial charge in [-0.2, -0.15) is 0 Å². The van der Waals surface area contributed by atoms with Gasteiger partial charge < -0.3 is 4.42 Å². The Labute approximate surface area is 292 Å². The maximum Gasteiger partial charge on any atom is 0.161 e. The zero-order valence-corrected chi connectivity index (χ0v) is 27.7. The molecule has 234 valence electrons. The average molecular weight is 657 g/mol. The first-order chi connectivity index (χ1) is 24.8. The molecule has 4 heteroatoms. The van der Waals surface area contributed by atoms with Crippen molar-refractivity contribution in [2.75, 3.05) is 0 Å². The number of furan rings is 1. The highest BCUT2D eigenvalue weighted by Gasteiger charge is 2.21. The van der Waals surface area contributed by atoms with Gasteiger partial charge in [0.2, 0.25) is 0 Å². The van der Waals surface area contributed by atoms with E-state index in [4.69, 9.17) is 14.4 Å². The quantitative estimate of drug-likeness (QED) is 0.185. The van der Waals surface area contributed by atoms with Gasteiger partial charge in [0.15, 0.2) is 5.82 Å². The standard InChI is InChI=1S/C46H28N2OS/c1-3-11-29(12-4-1)31-19-23-33(24-20-31)39-28-40(34-25-21-32(22-26-34)30-13-5-2-6-14-30)48-46(47-39)38-27-37-35-15-7-9-17-41(35)49-44(37)43-36-16-8-10-18-42(36)50-45(38)43/h1-28H. The fourth-order valence-electron chi connectivity index (χ4n) is 7.02. The van der Waals surface area contributed by atoms with Crippen molar-refractivity contribution in [3.8, 4) is 56.2 Å². The van der Waals surface area contributed by atoms with Crippen molar-refractivity contribution in [1.82, 2.24) is 9.97 Å². The van der Waals surface area contributed by atoms with E-state index in [1.54, 1.807) is 11.3 Å². The SMILES string of the molecule is c1ccc(-c2ccc(-c3cc(-c4ccc(-c5ccccc5)cc4)nc(-c4cc5c6ccccc6oc5c5c4sc4ccccc45)n3)cc2)cc1. The first-order valence-electron chi connectivity index (χ1n) is 16.7.